The molecule has 1 aromatic carbocycles. The van der Waals surface area contributed by atoms with Crippen molar-refractivity contribution in [2.75, 3.05) is 31.1 Å². The molecule has 1 saturated heterocycles. The number of hydrogen-bond acceptors (Lipinski definition) is 3. The number of aromatic nitrogens is 2. The SMILES string of the molecule is CCn1ccnc1N1CCN(C(=O)Cc2cccc(C)c2)CC1.Cl. The fourth-order valence-electron chi connectivity index (χ4n) is 3.10. The summed E-state index contributed by atoms with van der Waals surface area (Å²) in [5.74, 6) is 1.23. The highest BCUT2D eigenvalue weighted by Gasteiger charge is 2.23. The average molecular weight is 349 g/mol. The number of nitrogens with zero attached hydrogens (tertiary/aromatic N) is 4. The standard InChI is InChI=1S/C18H24N4O.ClH/c1-3-20-8-7-19-18(20)22-11-9-21(10-12-22)17(23)14-16-6-4-5-15(2)13-16;/h4-8,13H,3,9-12,14H2,1-2H3;1H. The Morgan fingerprint density at radius 1 is 1.21 bits per heavy atom. The van der Waals surface area contributed by atoms with E-state index < -0.39 is 0 Å². The van der Waals surface area contributed by atoms with Gasteiger partial charge >= 0.3 is 0 Å². The molecule has 1 aliphatic rings. The van der Waals surface area contributed by atoms with E-state index in [4.69, 9.17) is 0 Å². The summed E-state index contributed by atoms with van der Waals surface area (Å²) in [5, 5.41) is 0. The first kappa shape index (κ1) is 18.3. The fraction of sp³-hybridized carbons (Fsp3) is 0.444. The van der Waals surface area contributed by atoms with Gasteiger partial charge in [-0.1, -0.05) is 29.8 Å². The second-order valence-corrected chi connectivity index (χ2v) is 6.05. The van der Waals surface area contributed by atoms with Crippen LogP contribution in [0.5, 0.6) is 0 Å². The molecule has 5 nitrogen and oxygen atoms in total. The highest BCUT2D eigenvalue weighted by Crippen LogP contribution is 2.15. The zero-order valence-corrected chi connectivity index (χ0v) is 15.1. The maximum absolute atomic E-state index is 12.5. The van der Waals surface area contributed by atoms with Crippen molar-refractivity contribution in [3.05, 3.63) is 47.8 Å². The van der Waals surface area contributed by atoms with Crippen LogP contribution in [0.25, 0.3) is 0 Å². The number of anilines is 1. The van der Waals surface area contributed by atoms with Gasteiger partial charge in [0, 0.05) is 45.1 Å². The molecule has 0 N–H and O–H groups in total. The number of rotatable bonds is 4. The molecule has 2 heterocycles. The van der Waals surface area contributed by atoms with Crippen LogP contribution in [0.2, 0.25) is 0 Å². The second-order valence-electron chi connectivity index (χ2n) is 6.05. The minimum absolute atomic E-state index is 0. The smallest absolute Gasteiger partial charge is 0.227 e. The molecule has 1 fully saturated rings. The number of hydrogen-bond donors (Lipinski definition) is 0. The number of imidazole rings is 1. The summed E-state index contributed by atoms with van der Waals surface area (Å²) in [4.78, 5) is 21.2. The number of amides is 1. The van der Waals surface area contributed by atoms with E-state index in [0.29, 0.717) is 6.42 Å². The van der Waals surface area contributed by atoms with Gasteiger partial charge in [0.1, 0.15) is 0 Å². The Morgan fingerprint density at radius 3 is 2.62 bits per heavy atom. The molecule has 2 aromatic rings. The van der Waals surface area contributed by atoms with E-state index in [0.717, 1.165) is 44.2 Å². The Morgan fingerprint density at radius 2 is 1.96 bits per heavy atom. The van der Waals surface area contributed by atoms with Crippen molar-refractivity contribution < 1.29 is 4.79 Å². The third-order valence-electron chi connectivity index (χ3n) is 4.39. The minimum Gasteiger partial charge on any atom is -0.339 e. The van der Waals surface area contributed by atoms with Gasteiger partial charge in [0.05, 0.1) is 6.42 Å². The molecule has 0 radical (unpaired) electrons. The number of aryl methyl sites for hydroxylation is 2. The number of carbonyl (C=O) groups is 1. The van der Waals surface area contributed by atoms with Crippen LogP contribution in [0.15, 0.2) is 36.7 Å². The highest BCUT2D eigenvalue weighted by molar-refractivity contribution is 5.85. The lowest BCUT2D eigenvalue weighted by Gasteiger charge is -2.35. The van der Waals surface area contributed by atoms with E-state index >= 15 is 0 Å². The molecule has 1 amide bonds. The first-order valence-corrected chi connectivity index (χ1v) is 8.27. The van der Waals surface area contributed by atoms with Gasteiger partial charge in [-0.25, -0.2) is 4.98 Å². The maximum Gasteiger partial charge on any atom is 0.227 e. The van der Waals surface area contributed by atoms with Crippen LogP contribution >= 0.6 is 12.4 Å². The van der Waals surface area contributed by atoms with Crippen LogP contribution in [0.3, 0.4) is 0 Å². The summed E-state index contributed by atoms with van der Waals surface area (Å²) >= 11 is 0. The summed E-state index contributed by atoms with van der Waals surface area (Å²) < 4.78 is 2.14. The van der Waals surface area contributed by atoms with Gasteiger partial charge in [-0.3, -0.25) is 4.79 Å². The van der Waals surface area contributed by atoms with Crippen molar-refractivity contribution in [2.24, 2.45) is 0 Å². The predicted octanol–water partition coefficient (Wildman–Crippen LogP) is 2.52. The molecule has 0 spiro atoms. The fourth-order valence-corrected chi connectivity index (χ4v) is 3.10. The van der Waals surface area contributed by atoms with Gasteiger partial charge in [0.2, 0.25) is 11.9 Å². The monoisotopic (exact) mass is 348 g/mol. The Labute approximate surface area is 149 Å². The molecule has 0 unspecified atom stereocenters. The van der Waals surface area contributed by atoms with Gasteiger partial charge in [0.15, 0.2) is 0 Å². The highest BCUT2D eigenvalue weighted by atomic mass is 35.5. The third kappa shape index (κ3) is 4.09. The number of halogens is 1. The van der Waals surface area contributed by atoms with E-state index in [-0.39, 0.29) is 18.3 Å². The molecule has 0 atom stereocenters. The third-order valence-corrected chi connectivity index (χ3v) is 4.39. The second kappa shape index (κ2) is 8.20. The van der Waals surface area contributed by atoms with E-state index in [9.17, 15) is 4.79 Å². The first-order chi connectivity index (χ1) is 11.2. The molecular weight excluding hydrogens is 324 g/mol. The van der Waals surface area contributed by atoms with E-state index in [1.807, 2.05) is 29.4 Å². The van der Waals surface area contributed by atoms with Gasteiger partial charge < -0.3 is 14.4 Å². The largest absolute Gasteiger partial charge is 0.339 e. The van der Waals surface area contributed by atoms with E-state index in [2.05, 4.69) is 40.4 Å². The number of benzene rings is 1. The van der Waals surface area contributed by atoms with Crippen molar-refractivity contribution in [3.8, 4) is 0 Å². The van der Waals surface area contributed by atoms with Crippen LogP contribution in [0.4, 0.5) is 5.95 Å². The Hall–Kier alpha value is -2.01. The van der Waals surface area contributed by atoms with Crippen LogP contribution in [-0.4, -0.2) is 46.5 Å². The molecule has 130 valence electrons. The van der Waals surface area contributed by atoms with E-state index in [1.165, 1.54) is 5.56 Å². The van der Waals surface area contributed by atoms with Crippen LogP contribution in [-0.2, 0) is 17.8 Å². The molecule has 3 rings (SSSR count). The normalized spacial score (nSPS) is 14.4. The van der Waals surface area contributed by atoms with Crippen LogP contribution < -0.4 is 4.90 Å². The lowest BCUT2D eigenvalue weighted by molar-refractivity contribution is -0.130. The lowest BCUT2D eigenvalue weighted by Crippen LogP contribution is -2.49. The molecule has 0 saturated carbocycles. The maximum atomic E-state index is 12.5. The molecular formula is C18H25ClN4O. The van der Waals surface area contributed by atoms with Gasteiger partial charge in [-0.15, -0.1) is 12.4 Å². The Bertz CT molecular complexity index is 677. The summed E-state index contributed by atoms with van der Waals surface area (Å²) in [6.07, 6.45) is 4.34. The predicted molar refractivity (Wildman–Crippen MR) is 98.8 cm³/mol. The summed E-state index contributed by atoms with van der Waals surface area (Å²) in [6, 6.07) is 8.19. The van der Waals surface area contributed by atoms with Gasteiger partial charge in [-0.05, 0) is 19.4 Å². The van der Waals surface area contributed by atoms with Crippen molar-refractivity contribution >= 4 is 24.3 Å². The van der Waals surface area contributed by atoms with Gasteiger partial charge in [0.25, 0.3) is 0 Å². The lowest BCUT2D eigenvalue weighted by atomic mass is 10.1. The summed E-state index contributed by atoms with van der Waals surface area (Å²) in [5.41, 5.74) is 2.30. The number of piperazine rings is 1. The molecule has 0 bridgehead atoms. The zero-order valence-electron chi connectivity index (χ0n) is 14.3. The van der Waals surface area contributed by atoms with Crippen molar-refractivity contribution in [1.29, 1.82) is 0 Å². The minimum atomic E-state index is 0. The Kier molecular flexibility index (Phi) is 6.26. The van der Waals surface area contributed by atoms with E-state index in [1.54, 1.807) is 0 Å². The topological polar surface area (TPSA) is 41.4 Å². The zero-order chi connectivity index (χ0) is 16.2. The molecule has 6 heteroatoms. The first-order valence-electron chi connectivity index (χ1n) is 8.27. The summed E-state index contributed by atoms with van der Waals surface area (Å²) in [6.45, 7) is 8.31. The molecule has 1 aromatic heterocycles. The van der Waals surface area contributed by atoms with Gasteiger partial charge in [-0.2, -0.15) is 0 Å². The average Bonchev–Trinajstić information content (AvgIpc) is 3.03. The van der Waals surface area contributed by atoms with Crippen LogP contribution in [0.1, 0.15) is 18.1 Å². The van der Waals surface area contributed by atoms with Crippen molar-refractivity contribution in [3.63, 3.8) is 0 Å². The molecule has 0 aliphatic carbocycles. The number of carbonyl (C=O) groups excluding carboxylic acids is 1. The van der Waals surface area contributed by atoms with Crippen LogP contribution in [0, 0.1) is 6.92 Å². The van der Waals surface area contributed by atoms with Crippen molar-refractivity contribution in [1.82, 2.24) is 14.5 Å². The summed E-state index contributed by atoms with van der Waals surface area (Å²) in [7, 11) is 0. The Balaban J connectivity index is 0.00000208. The van der Waals surface area contributed by atoms with Crippen molar-refractivity contribution in [2.45, 2.75) is 26.8 Å². The quantitative estimate of drug-likeness (QED) is 0.852. The molecule has 24 heavy (non-hydrogen) atoms. The molecule has 1 aliphatic heterocycles.